The van der Waals surface area contributed by atoms with Crippen LogP contribution in [0.5, 0.6) is 0 Å². The van der Waals surface area contributed by atoms with Gasteiger partial charge in [0.05, 0.1) is 0 Å². The quantitative estimate of drug-likeness (QED) is 0.483. The predicted octanol–water partition coefficient (Wildman–Crippen LogP) is 2.38. The number of methoxy groups -OCH3 is 1. The number of nitrogens with one attached hydrogen (secondary N) is 2. The van der Waals surface area contributed by atoms with Gasteiger partial charge < -0.3 is 20.5 Å². The molecule has 0 aromatic carbocycles. The van der Waals surface area contributed by atoms with E-state index in [1.165, 1.54) is 0 Å². The van der Waals surface area contributed by atoms with Crippen molar-refractivity contribution in [2.24, 2.45) is 5.41 Å². The summed E-state index contributed by atoms with van der Waals surface area (Å²) in [7, 11) is 1.68. The number of unbranched alkanes of at least 4 members (excludes halogenated alkanes) is 2. The summed E-state index contributed by atoms with van der Waals surface area (Å²) < 4.78 is 4.95. The van der Waals surface area contributed by atoms with Crippen molar-refractivity contribution in [2.75, 3.05) is 26.8 Å². The Balaban J connectivity index is 3.58. The van der Waals surface area contributed by atoms with Gasteiger partial charge in [-0.2, -0.15) is 0 Å². The minimum atomic E-state index is -0.776. The first-order valence-electron chi connectivity index (χ1n) is 7.60. The molecule has 0 radical (unpaired) electrons. The minimum Gasteiger partial charge on any atom is -0.481 e. The number of aliphatic carboxylic acids is 1. The monoisotopic (exact) mass is 302 g/mol. The third-order valence-corrected chi connectivity index (χ3v) is 3.41. The van der Waals surface area contributed by atoms with Gasteiger partial charge in [0.1, 0.15) is 0 Å². The first-order chi connectivity index (χ1) is 9.87. The fourth-order valence-electron chi connectivity index (χ4n) is 1.90. The Bertz CT molecular complexity index is 306. The van der Waals surface area contributed by atoms with Crippen LogP contribution in [-0.2, 0) is 9.53 Å². The standard InChI is InChI=1S/C15H30N2O4/c1-15(2,8-7-13(18)19)9-11-17-14(20)16-10-5-4-6-12-21-3/h4-12H2,1-3H3,(H,18,19)(H2,16,17,20). The van der Waals surface area contributed by atoms with Crippen LogP contribution in [0.2, 0.25) is 0 Å². The molecule has 0 aliphatic carbocycles. The van der Waals surface area contributed by atoms with E-state index in [2.05, 4.69) is 10.6 Å². The van der Waals surface area contributed by atoms with Crippen molar-refractivity contribution >= 4 is 12.0 Å². The highest BCUT2D eigenvalue weighted by molar-refractivity contribution is 5.73. The molecule has 2 amide bonds. The van der Waals surface area contributed by atoms with E-state index in [0.717, 1.165) is 32.3 Å². The fourth-order valence-corrected chi connectivity index (χ4v) is 1.90. The molecule has 0 bridgehead atoms. The number of carboxylic acid groups (broad SMARTS) is 1. The second-order valence-corrected chi connectivity index (χ2v) is 6.04. The van der Waals surface area contributed by atoms with Crippen molar-refractivity contribution < 1.29 is 19.4 Å². The van der Waals surface area contributed by atoms with E-state index in [9.17, 15) is 9.59 Å². The van der Waals surface area contributed by atoms with Crippen LogP contribution in [0.25, 0.3) is 0 Å². The predicted molar refractivity (Wildman–Crippen MR) is 82.4 cm³/mol. The van der Waals surface area contributed by atoms with Gasteiger partial charge in [-0.15, -0.1) is 0 Å². The topological polar surface area (TPSA) is 87.7 Å². The highest BCUT2D eigenvalue weighted by Crippen LogP contribution is 2.25. The van der Waals surface area contributed by atoms with Gasteiger partial charge in [-0.1, -0.05) is 13.8 Å². The molecule has 0 saturated carbocycles. The molecule has 6 heteroatoms. The van der Waals surface area contributed by atoms with Gasteiger partial charge in [0.2, 0.25) is 0 Å². The molecule has 0 aromatic heterocycles. The lowest BCUT2D eigenvalue weighted by Crippen LogP contribution is -2.37. The molecule has 0 rings (SSSR count). The molecule has 0 fully saturated rings. The summed E-state index contributed by atoms with van der Waals surface area (Å²) in [6.07, 6.45) is 4.54. The van der Waals surface area contributed by atoms with E-state index in [-0.39, 0.29) is 17.9 Å². The van der Waals surface area contributed by atoms with Crippen LogP contribution in [0.1, 0.15) is 52.4 Å². The molecule has 0 heterocycles. The molecule has 0 aromatic rings. The number of ether oxygens (including phenoxy) is 1. The largest absolute Gasteiger partial charge is 0.481 e. The molecule has 124 valence electrons. The molecule has 0 aliphatic heterocycles. The maximum atomic E-state index is 11.5. The maximum Gasteiger partial charge on any atom is 0.314 e. The zero-order valence-electron chi connectivity index (χ0n) is 13.5. The fraction of sp³-hybridized carbons (Fsp3) is 0.867. The molecule has 0 saturated heterocycles. The van der Waals surface area contributed by atoms with E-state index in [1.807, 2.05) is 13.8 Å². The van der Waals surface area contributed by atoms with Crippen LogP contribution < -0.4 is 10.6 Å². The lowest BCUT2D eigenvalue weighted by atomic mass is 9.84. The Morgan fingerprint density at radius 2 is 1.71 bits per heavy atom. The van der Waals surface area contributed by atoms with Gasteiger partial charge in [0.15, 0.2) is 0 Å². The van der Waals surface area contributed by atoms with Gasteiger partial charge in [0.25, 0.3) is 0 Å². The Hall–Kier alpha value is -1.30. The van der Waals surface area contributed by atoms with Gasteiger partial charge in [-0.05, 0) is 37.5 Å². The summed E-state index contributed by atoms with van der Waals surface area (Å²) in [4.78, 5) is 22.1. The Kier molecular flexibility index (Phi) is 10.7. The van der Waals surface area contributed by atoms with Crippen LogP contribution in [0.4, 0.5) is 4.79 Å². The summed E-state index contributed by atoms with van der Waals surface area (Å²) in [6.45, 7) is 6.02. The minimum absolute atomic E-state index is 0.0776. The molecular weight excluding hydrogens is 272 g/mol. The van der Waals surface area contributed by atoms with Crippen LogP contribution in [0, 0.1) is 5.41 Å². The van der Waals surface area contributed by atoms with E-state index in [1.54, 1.807) is 7.11 Å². The van der Waals surface area contributed by atoms with Crippen LogP contribution >= 0.6 is 0 Å². The van der Waals surface area contributed by atoms with E-state index in [4.69, 9.17) is 9.84 Å². The summed E-state index contributed by atoms with van der Waals surface area (Å²) >= 11 is 0. The Labute approximate surface area is 127 Å². The SMILES string of the molecule is COCCCCCNC(=O)NCCC(C)(C)CCC(=O)O. The number of amides is 2. The lowest BCUT2D eigenvalue weighted by Gasteiger charge is -2.23. The summed E-state index contributed by atoms with van der Waals surface area (Å²) in [5.74, 6) is -0.776. The lowest BCUT2D eigenvalue weighted by molar-refractivity contribution is -0.137. The van der Waals surface area contributed by atoms with Gasteiger partial charge in [-0.3, -0.25) is 4.79 Å². The van der Waals surface area contributed by atoms with Gasteiger partial charge in [-0.25, -0.2) is 4.79 Å². The van der Waals surface area contributed by atoms with Crippen LogP contribution in [0.3, 0.4) is 0 Å². The number of carbonyl (C=O) groups is 2. The normalized spacial score (nSPS) is 11.2. The number of urea groups is 1. The van der Waals surface area contributed by atoms with Crippen LogP contribution in [-0.4, -0.2) is 43.9 Å². The van der Waals surface area contributed by atoms with E-state index < -0.39 is 5.97 Å². The second kappa shape index (κ2) is 11.4. The first kappa shape index (κ1) is 19.7. The smallest absolute Gasteiger partial charge is 0.314 e. The third-order valence-electron chi connectivity index (χ3n) is 3.41. The number of hydrogen-bond donors (Lipinski definition) is 3. The van der Waals surface area contributed by atoms with Crippen molar-refractivity contribution in [1.29, 1.82) is 0 Å². The number of hydrogen-bond acceptors (Lipinski definition) is 3. The summed E-state index contributed by atoms with van der Waals surface area (Å²) in [6, 6.07) is -0.157. The molecule has 3 N–H and O–H groups in total. The Morgan fingerprint density at radius 3 is 2.33 bits per heavy atom. The summed E-state index contributed by atoms with van der Waals surface area (Å²) in [5, 5.41) is 14.3. The molecule has 6 nitrogen and oxygen atoms in total. The first-order valence-corrected chi connectivity index (χ1v) is 7.60. The zero-order valence-corrected chi connectivity index (χ0v) is 13.5. The van der Waals surface area contributed by atoms with Crippen molar-refractivity contribution in [3.63, 3.8) is 0 Å². The van der Waals surface area contributed by atoms with Crippen molar-refractivity contribution in [2.45, 2.75) is 52.4 Å². The van der Waals surface area contributed by atoms with Crippen molar-refractivity contribution in [3.8, 4) is 0 Å². The number of carbonyl (C=O) groups excluding carboxylic acids is 1. The van der Waals surface area contributed by atoms with E-state index >= 15 is 0 Å². The van der Waals surface area contributed by atoms with Gasteiger partial charge in [0, 0.05) is 33.2 Å². The van der Waals surface area contributed by atoms with Crippen LogP contribution in [0.15, 0.2) is 0 Å². The second-order valence-electron chi connectivity index (χ2n) is 6.04. The van der Waals surface area contributed by atoms with Crippen molar-refractivity contribution in [1.82, 2.24) is 10.6 Å². The molecular formula is C15H30N2O4. The average Bonchev–Trinajstić information content (AvgIpc) is 2.40. The third kappa shape index (κ3) is 13.4. The molecule has 21 heavy (non-hydrogen) atoms. The highest BCUT2D eigenvalue weighted by Gasteiger charge is 2.19. The number of rotatable bonds is 12. The molecule has 0 unspecified atom stereocenters. The maximum absolute atomic E-state index is 11.5. The summed E-state index contributed by atoms with van der Waals surface area (Å²) in [5.41, 5.74) is -0.0776. The molecule has 0 atom stereocenters. The van der Waals surface area contributed by atoms with Crippen molar-refractivity contribution in [3.05, 3.63) is 0 Å². The molecule has 0 spiro atoms. The molecule has 0 aliphatic rings. The van der Waals surface area contributed by atoms with E-state index in [0.29, 0.717) is 19.5 Å². The highest BCUT2D eigenvalue weighted by atomic mass is 16.5. The number of carboxylic acids is 1. The average molecular weight is 302 g/mol. The zero-order chi connectivity index (χ0) is 16.1. The Morgan fingerprint density at radius 1 is 1.05 bits per heavy atom. The van der Waals surface area contributed by atoms with Gasteiger partial charge >= 0.3 is 12.0 Å².